The molecule has 2 aromatic carbocycles. The lowest BCUT2D eigenvalue weighted by molar-refractivity contribution is 0.585. The molecule has 24 heavy (non-hydrogen) atoms. The molecule has 0 heterocycles. The number of hydrogen-bond acceptors (Lipinski definition) is 1. The SMILES string of the molecule is CCCCCCCCCC.N#Cc1ccccc1-c1ccccc1. The Morgan fingerprint density at radius 3 is 1.71 bits per heavy atom. The van der Waals surface area contributed by atoms with Gasteiger partial charge in [0.2, 0.25) is 0 Å². The molecule has 0 radical (unpaired) electrons. The smallest absolute Gasteiger partial charge is 0.0998 e. The highest BCUT2D eigenvalue weighted by Gasteiger charge is 2.01. The third-order valence-corrected chi connectivity index (χ3v) is 4.09. The predicted molar refractivity (Wildman–Crippen MR) is 105 cm³/mol. The molecule has 1 heteroatoms. The minimum absolute atomic E-state index is 0.721. The Balaban J connectivity index is 0.000000257. The minimum atomic E-state index is 0.721. The molecule has 128 valence electrons. The van der Waals surface area contributed by atoms with Gasteiger partial charge in [-0.15, -0.1) is 0 Å². The molecule has 0 aliphatic carbocycles. The Kier molecular flexibility index (Phi) is 11.1. The third-order valence-electron chi connectivity index (χ3n) is 4.09. The number of benzene rings is 2. The molecule has 0 amide bonds. The van der Waals surface area contributed by atoms with E-state index in [2.05, 4.69) is 19.9 Å². The standard InChI is InChI=1S/C13H9N.C10H22/c14-10-12-8-4-5-9-13(12)11-6-2-1-3-7-11;1-3-5-7-9-10-8-6-4-2/h1-9H;3-10H2,1-2H3. The maximum absolute atomic E-state index is 8.93. The average Bonchev–Trinajstić information content (AvgIpc) is 2.66. The Bertz CT molecular complexity index is 572. The number of nitriles is 1. The lowest BCUT2D eigenvalue weighted by Gasteiger charge is -2.02. The van der Waals surface area contributed by atoms with Crippen molar-refractivity contribution in [1.82, 2.24) is 0 Å². The first-order valence-corrected chi connectivity index (χ1v) is 9.38. The molecule has 2 rings (SSSR count). The van der Waals surface area contributed by atoms with Crippen LogP contribution in [0.5, 0.6) is 0 Å². The van der Waals surface area contributed by atoms with Crippen LogP contribution in [0, 0.1) is 11.3 Å². The maximum atomic E-state index is 8.93. The summed E-state index contributed by atoms with van der Waals surface area (Å²) in [5.41, 5.74) is 2.80. The van der Waals surface area contributed by atoms with Crippen LogP contribution in [0.25, 0.3) is 11.1 Å². The van der Waals surface area contributed by atoms with Gasteiger partial charge < -0.3 is 0 Å². The largest absolute Gasteiger partial charge is 0.192 e. The van der Waals surface area contributed by atoms with Crippen LogP contribution >= 0.6 is 0 Å². The third kappa shape index (κ3) is 7.97. The van der Waals surface area contributed by atoms with Crippen LogP contribution in [-0.4, -0.2) is 0 Å². The second-order valence-corrected chi connectivity index (χ2v) is 6.14. The van der Waals surface area contributed by atoms with Crippen LogP contribution in [0.3, 0.4) is 0 Å². The van der Waals surface area contributed by atoms with E-state index in [9.17, 15) is 0 Å². The fourth-order valence-electron chi connectivity index (χ4n) is 2.66. The molecular formula is C23H31N. The Morgan fingerprint density at radius 2 is 1.17 bits per heavy atom. The second kappa shape index (κ2) is 13.4. The van der Waals surface area contributed by atoms with Crippen molar-refractivity contribution in [2.75, 3.05) is 0 Å². The fourth-order valence-corrected chi connectivity index (χ4v) is 2.66. The zero-order valence-electron chi connectivity index (χ0n) is 15.3. The monoisotopic (exact) mass is 321 g/mol. The fraction of sp³-hybridized carbons (Fsp3) is 0.435. The van der Waals surface area contributed by atoms with E-state index >= 15 is 0 Å². The van der Waals surface area contributed by atoms with Crippen molar-refractivity contribution in [3.05, 3.63) is 60.2 Å². The molecule has 1 nitrogen and oxygen atoms in total. The maximum Gasteiger partial charge on any atom is 0.0998 e. The molecule has 0 N–H and O–H groups in total. The Labute approximate surface area is 148 Å². The summed E-state index contributed by atoms with van der Waals surface area (Å²) < 4.78 is 0. The molecule has 0 aliphatic rings. The summed E-state index contributed by atoms with van der Waals surface area (Å²) in [5, 5.41) is 8.93. The van der Waals surface area contributed by atoms with Gasteiger partial charge in [-0.25, -0.2) is 0 Å². The number of nitrogens with zero attached hydrogens (tertiary/aromatic N) is 1. The molecule has 0 unspecified atom stereocenters. The van der Waals surface area contributed by atoms with Crippen LogP contribution < -0.4 is 0 Å². The summed E-state index contributed by atoms with van der Waals surface area (Å²) in [5.74, 6) is 0. The van der Waals surface area contributed by atoms with Gasteiger partial charge in [0.15, 0.2) is 0 Å². The van der Waals surface area contributed by atoms with Gasteiger partial charge in [0.25, 0.3) is 0 Å². The molecule has 0 aliphatic heterocycles. The van der Waals surface area contributed by atoms with Crippen molar-refractivity contribution in [3.8, 4) is 17.2 Å². The molecule has 0 saturated heterocycles. The van der Waals surface area contributed by atoms with Crippen molar-refractivity contribution in [1.29, 1.82) is 5.26 Å². The van der Waals surface area contributed by atoms with E-state index < -0.39 is 0 Å². The first-order valence-electron chi connectivity index (χ1n) is 9.38. The number of hydrogen-bond donors (Lipinski definition) is 0. The highest BCUT2D eigenvalue weighted by molar-refractivity contribution is 5.70. The molecule has 0 atom stereocenters. The summed E-state index contributed by atoms with van der Waals surface area (Å²) >= 11 is 0. The minimum Gasteiger partial charge on any atom is -0.192 e. The van der Waals surface area contributed by atoms with Gasteiger partial charge in [0, 0.05) is 0 Å². The van der Waals surface area contributed by atoms with E-state index in [1.807, 2.05) is 54.6 Å². The van der Waals surface area contributed by atoms with Gasteiger partial charge in [0.05, 0.1) is 11.6 Å². The summed E-state index contributed by atoms with van der Waals surface area (Å²) in [6, 6.07) is 19.8. The van der Waals surface area contributed by atoms with Crippen molar-refractivity contribution in [3.63, 3.8) is 0 Å². The summed E-state index contributed by atoms with van der Waals surface area (Å²) in [6.07, 6.45) is 11.5. The van der Waals surface area contributed by atoms with Crippen molar-refractivity contribution >= 4 is 0 Å². The molecule has 0 saturated carbocycles. The summed E-state index contributed by atoms with van der Waals surface area (Å²) in [7, 11) is 0. The number of unbranched alkanes of at least 4 members (excludes halogenated alkanes) is 7. The van der Waals surface area contributed by atoms with Crippen molar-refractivity contribution in [2.45, 2.75) is 65.2 Å². The topological polar surface area (TPSA) is 23.8 Å². The van der Waals surface area contributed by atoms with E-state index in [-0.39, 0.29) is 0 Å². The van der Waals surface area contributed by atoms with Crippen LogP contribution in [0.4, 0.5) is 0 Å². The molecule has 0 bridgehead atoms. The van der Waals surface area contributed by atoms with E-state index in [0.717, 1.165) is 16.7 Å². The van der Waals surface area contributed by atoms with E-state index in [1.165, 1.54) is 51.4 Å². The van der Waals surface area contributed by atoms with Gasteiger partial charge in [0.1, 0.15) is 0 Å². The number of rotatable bonds is 8. The van der Waals surface area contributed by atoms with Crippen molar-refractivity contribution < 1.29 is 0 Å². The normalized spacial score (nSPS) is 9.71. The van der Waals surface area contributed by atoms with Crippen LogP contribution in [-0.2, 0) is 0 Å². The average molecular weight is 322 g/mol. The lowest BCUT2D eigenvalue weighted by Crippen LogP contribution is -1.82. The van der Waals surface area contributed by atoms with E-state index in [4.69, 9.17) is 5.26 Å². The zero-order valence-corrected chi connectivity index (χ0v) is 15.3. The summed E-state index contributed by atoms with van der Waals surface area (Å²) in [4.78, 5) is 0. The van der Waals surface area contributed by atoms with Crippen LogP contribution in [0.15, 0.2) is 54.6 Å². The Hall–Kier alpha value is -2.07. The summed E-state index contributed by atoms with van der Waals surface area (Å²) in [6.45, 7) is 4.54. The van der Waals surface area contributed by atoms with E-state index in [0.29, 0.717) is 0 Å². The predicted octanol–water partition coefficient (Wildman–Crippen LogP) is 7.37. The van der Waals surface area contributed by atoms with Gasteiger partial charge in [-0.1, -0.05) is 114 Å². The van der Waals surface area contributed by atoms with E-state index in [1.54, 1.807) is 0 Å². The quantitative estimate of drug-likeness (QED) is 0.465. The highest BCUT2D eigenvalue weighted by Crippen LogP contribution is 2.22. The van der Waals surface area contributed by atoms with Crippen molar-refractivity contribution in [2.24, 2.45) is 0 Å². The first kappa shape index (κ1) is 20.0. The Morgan fingerprint density at radius 1 is 0.667 bits per heavy atom. The highest BCUT2D eigenvalue weighted by atomic mass is 14.2. The molecule has 2 aromatic rings. The zero-order chi connectivity index (χ0) is 17.5. The van der Waals surface area contributed by atoms with Gasteiger partial charge in [-0.2, -0.15) is 5.26 Å². The van der Waals surface area contributed by atoms with Gasteiger partial charge >= 0.3 is 0 Å². The molecule has 0 spiro atoms. The molecular weight excluding hydrogens is 290 g/mol. The molecule has 0 fully saturated rings. The van der Waals surface area contributed by atoms with Gasteiger partial charge in [-0.05, 0) is 17.2 Å². The van der Waals surface area contributed by atoms with Crippen LogP contribution in [0.1, 0.15) is 70.8 Å². The van der Waals surface area contributed by atoms with Gasteiger partial charge in [-0.3, -0.25) is 0 Å². The first-order chi connectivity index (χ1) is 11.8. The van der Waals surface area contributed by atoms with Crippen LogP contribution in [0.2, 0.25) is 0 Å². The molecule has 0 aromatic heterocycles. The second-order valence-electron chi connectivity index (χ2n) is 6.14. The lowest BCUT2D eigenvalue weighted by atomic mass is 10.0.